The molecule has 1 atom stereocenters. The number of nitrogens with one attached hydrogen (secondary N) is 2. The van der Waals surface area contributed by atoms with Gasteiger partial charge in [-0.25, -0.2) is 0 Å². The van der Waals surface area contributed by atoms with Crippen LogP contribution in [-0.2, 0) is 4.79 Å². The fraction of sp³-hybridized carbons (Fsp3) is 0.600. The number of amides is 2. The summed E-state index contributed by atoms with van der Waals surface area (Å²) in [7, 11) is 0. The summed E-state index contributed by atoms with van der Waals surface area (Å²) in [6, 6.07) is 5.04. The number of hydrogen-bond donors (Lipinski definition) is 2. The quantitative estimate of drug-likeness (QED) is 0.752. The molecule has 1 aliphatic heterocycles. The summed E-state index contributed by atoms with van der Waals surface area (Å²) >= 11 is 12.0. The maximum Gasteiger partial charge on any atom is 0.253 e. The van der Waals surface area contributed by atoms with Gasteiger partial charge < -0.3 is 15.5 Å². The molecule has 1 heterocycles. The topological polar surface area (TPSA) is 61.4 Å². The van der Waals surface area contributed by atoms with Gasteiger partial charge in [0.2, 0.25) is 5.91 Å². The first-order valence-corrected chi connectivity index (χ1v) is 10.4. The van der Waals surface area contributed by atoms with Gasteiger partial charge in [-0.2, -0.15) is 0 Å². The Bertz CT molecular complexity index is 698. The molecule has 1 aromatic rings. The summed E-state index contributed by atoms with van der Waals surface area (Å²) in [5, 5.41) is 6.70. The third-order valence-electron chi connectivity index (χ3n) is 5.35. The van der Waals surface area contributed by atoms with Gasteiger partial charge in [0, 0.05) is 30.2 Å². The maximum absolute atomic E-state index is 12.8. The molecule has 7 heteroatoms. The number of likely N-dealkylation sites (tertiary alicyclic amines) is 1. The van der Waals surface area contributed by atoms with Crippen molar-refractivity contribution in [3.05, 3.63) is 33.8 Å². The van der Waals surface area contributed by atoms with E-state index in [0.717, 1.165) is 32.0 Å². The van der Waals surface area contributed by atoms with Crippen molar-refractivity contribution in [3.8, 4) is 0 Å². The van der Waals surface area contributed by atoms with Crippen molar-refractivity contribution in [1.29, 1.82) is 0 Å². The lowest BCUT2D eigenvalue weighted by molar-refractivity contribution is -0.125. The van der Waals surface area contributed by atoms with Gasteiger partial charge in [0.1, 0.15) is 6.04 Å². The predicted octanol–water partition coefficient (Wildman–Crippen LogP) is 3.49. The Labute approximate surface area is 170 Å². The first-order valence-electron chi connectivity index (χ1n) is 9.65. The molecule has 1 saturated heterocycles. The lowest BCUT2D eigenvalue weighted by Crippen LogP contribution is -2.54. The van der Waals surface area contributed by atoms with Crippen LogP contribution in [0, 0.1) is 5.92 Å². The van der Waals surface area contributed by atoms with Gasteiger partial charge >= 0.3 is 0 Å². The van der Waals surface area contributed by atoms with E-state index in [1.54, 1.807) is 12.1 Å². The molecule has 3 rings (SSSR count). The summed E-state index contributed by atoms with van der Waals surface area (Å²) in [5.74, 6) is -0.533. The van der Waals surface area contributed by atoms with E-state index < -0.39 is 6.04 Å². The molecule has 2 amide bonds. The summed E-state index contributed by atoms with van der Waals surface area (Å²) in [6.45, 7) is 5.91. The Kier molecular flexibility index (Phi) is 6.66. The minimum absolute atomic E-state index is 0.0356. The van der Waals surface area contributed by atoms with E-state index in [1.807, 2.05) is 13.8 Å². The number of halogens is 2. The summed E-state index contributed by atoms with van der Waals surface area (Å²) < 4.78 is 0. The van der Waals surface area contributed by atoms with Crippen molar-refractivity contribution < 1.29 is 9.59 Å². The number of rotatable bonds is 6. The van der Waals surface area contributed by atoms with Crippen molar-refractivity contribution in [2.24, 2.45) is 5.92 Å². The fourth-order valence-electron chi connectivity index (χ4n) is 3.57. The van der Waals surface area contributed by atoms with E-state index in [9.17, 15) is 9.59 Å². The molecule has 27 heavy (non-hydrogen) atoms. The SMILES string of the molecule is CC(C)[C@@H](NC(=O)c1ccc(Cl)cc1Cl)C(=O)NC1CCN(C2CC2)CC1. The second-order valence-electron chi connectivity index (χ2n) is 7.87. The standard InChI is InChI=1S/C20H27Cl2N3O2/c1-12(2)18(24-19(26)16-6-3-13(21)11-17(16)22)20(27)23-14-7-9-25(10-8-14)15-4-5-15/h3,6,11-12,14-15,18H,4-5,7-10H2,1-2H3,(H,23,27)(H,24,26)/t18-/m1/s1. The largest absolute Gasteiger partial charge is 0.351 e. The van der Waals surface area contributed by atoms with Crippen LogP contribution in [0.2, 0.25) is 10.0 Å². The Balaban J connectivity index is 1.57. The first kappa shape index (κ1) is 20.4. The van der Waals surface area contributed by atoms with E-state index >= 15 is 0 Å². The van der Waals surface area contributed by atoms with Crippen molar-refractivity contribution in [2.75, 3.05) is 13.1 Å². The predicted molar refractivity (Wildman–Crippen MR) is 108 cm³/mol. The zero-order valence-electron chi connectivity index (χ0n) is 15.8. The highest BCUT2D eigenvalue weighted by atomic mass is 35.5. The third-order valence-corrected chi connectivity index (χ3v) is 5.90. The number of hydrogen-bond acceptors (Lipinski definition) is 3. The van der Waals surface area contributed by atoms with Crippen LogP contribution < -0.4 is 10.6 Å². The Morgan fingerprint density at radius 1 is 1.11 bits per heavy atom. The molecular formula is C20H27Cl2N3O2. The van der Waals surface area contributed by atoms with Gasteiger partial charge in [0.15, 0.2) is 0 Å². The molecule has 5 nitrogen and oxygen atoms in total. The van der Waals surface area contributed by atoms with Crippen LogP contribution >= 0.6 is 23.2 Å². The molecule has 2 N–H and O–H groups in total. The van der Waals surface area contributed by atoms with E-state index in [4.69, 9.17) is 23.2 Å². The Morgan fingerprint density at radius 2 is 1.78 bits per heavy atom. The third kappa shape index (κ3) is 5.37. The van der Waals surface area contributed by atoms with Crippen LogP contribution in [0.25, 0.3) is 0 Å². The molecule has 0 radical (unpaired) electrons. The van der Waals surface area contributed by atoms with Crippen molar-refractivity contribution in [3.63, 3.8) is 0 Å². The Morgan fingerprint density at radius 3 is 2.33 bits per heavy atom. The lowest BCUT2D eigenvalue weighted by atomic mass is 10.00. The van der Waals surface area contributed by atoms with Gasteiger partial charge in [0.05, 0.1) is 10.6 Å². The van der Waals surface area contributed by atoms with Crippen LogP contribution in [0.3, 0.4) is 0 Å². The van der Waals surface area contributed by atoms with Crippen LogP contribution in [0.15, 0.2) is 18.2 Å². The minimum Gasteiger partial charge on any atom is -0.351 e. The van der Waals surface area contributed by atoms with Crippen LogP contribution in [-0.4, -0.2) is 47.9 Å². The molecule has 2 fully saturated rings. The number of benzene rings is 1. The number of carbonyl (C=O) groups excluding carboxylic acids is 2. The number of nitrogens with zero attached hydrogens (tertiary/aromatic N) is 1. The van der Waals surface area contributed by atoms with Crippen molar-refractivity contribution in [1.82, 2.24) is 15.5 Å². The second-order valence-corrected chi connectivity index (χ2v) is 8.71. The number of piperidine rings is 1. The average Bonchev–Trinajstić information content (AvgIpc) is 3.44. The highest BCUT2D eigenvalue weighted by molar-refractivity contribution is 6.36. The molecule has 0 aromatic heterocycles. The smallest absolute Gasteiger partial charge is 0.253 e. The van der Waals surface area contributed by atoms with Crippen molar-refractivity contribution >= 4 is 35.0 Å². The maximum atomic E-state index is 12.8. The van der Waals surface area contributed by atoms with Gasteiger partial charge in [0.25, 0.3) is 5.91 Å². The summed E-state index contributed by atoms with van der Waals surface area (Å²) in [4.78, 5) is 27.9. The van der Waals surface area contributed by atoms with E-state index in [-0.39, 0.29) is 28.8 Å². The molecule has 0 bridgehead atoms. The zero-order valence-corrected chi connectivity index (χ0v) is 17.3. The van der Waals surface area contributed by atoms with Gasteiger partial charge in [-0.05, 0) is 49.8 Å². The molecule has 1 aliphatic carbocycles. The Hall–Kier alpha value is -1.30. The normalized spacial score (nSPS) is 19.7. The molecule has 1 saturated carbocycles. The van der Waals surface area contributed by atoms with Gasteiger partial charge in [-0.3, -0.25) is 9.59 Å². The van der Waals surface area contributed by atoms with Gasteiger partial charge in [-0.15, -0.1) is 0 Å². The molecule has 0 spiro atoms. The van der Waals surface area contributed by atoms with Crippen LogP contribution in [0.1, 0.15) is 49.9 Å². The van der Waals surface area contributed by atoms with Crippen LogP contribution in [0.5, 0.6) is 0 Å². The first-order chi connectivity index (χ1) is 12.8. The zero-order chi connectivity index (χ0) is 19.6. The van der Waals surface area contributed by atoms with Gasteiger partial charge in [-0.1, -0.05) is 37.0 Å². The lowest BCUT2D eigenvalue weighted by Gasteiger charge is -2.33. The monoisotopic (exact) mass is 411 g/mol. The fourth-order valence-corrected chi connectivity index (χ4v) is 4.06. The summed E-state index contributed by atoms with van der Waals surface area (Å²) in [6.07, 6.45) is 4.55. The minimum atomic E-state index is -0.606. The second kappa shape index (κ2) is 8.80. The average molecular weight is 412 g/mol. The van der Waals surface area contributed by atoms with Crippen LogP contribution in [0.4, 0.5) is 0 Å². The van der Waals surface area contributed by atoms with E-state index in [2.05, 4.69) is 15.5 Å². The van der Waals surface area contributed by atoms with E-state index in [0.29, 0.717) is 10.6 Å². The van der Waals surface area contributed by atoms with Crippen molar-refractivity contribution in [2.45, 2.75) is 57.7 Å². The summed E-state index contributed by atoms with van der Waals surface area (Å²) in [5.41, 5.74) is 0.317. The number of carbonyl (C=O) groups is 2. The molecular weight excluding hydrogens is 385 g/mol. The molecule has 0 unspecified atom stereocenters. The molecule has 2 aliphatic rings. The molecule has 1 aromatic carbocycles. The van der Waals surface area contributed by atoms with E-state index in [1.165, 1.54) is 18.9 Å². The highest BCUT2D eigenvalue weighted by Crippen LogP contribution is 2.29. The highest BCUT2D eigenvalue weighted by Gasteiger charge is 2.33. The molecule has 148 valence electrons.